The largest absolute Gasteiger partial charge is 0.260 e. The predicted octanol–water partition coefficient (Wildman–Crippen LogP) is 6.27. The van der Waals surface area contributed by atoms with Gasteiger partial charge in [-0.25, -0.2) is 36.2 Å². The van der Waals surface area contributed by atoms with E-state index in [9.17, 15) is 21.4 Å². The van der Waals surface area contributed by atoms with Crippen LogP contribution in [0.3, 0.4) is 0 Å². The molecule has 1 unspecified atom stereocenters. The van der Waals surface area contributed by atoms with Crippen molar-refractivity contribution in [3.63, 3.8) is 0 Å². The van der Waals surface area contributed by atoms with E-state index in [1.165, 1.54) is 40.1 Å². The molecule has 0 radical (unpaired) electrons. The molecule has 11 nitrogen and oxygen atoms in total. The highest BCUT2D eigenvalue weighted by Crippen LogP contribution is 2.27. The number of pyridine rings is 2. The molecule has 246 valence electrons. The summed E-state index contributed by atoms with van der Waals surface area (Å²) >= 11 is 2.24. The number of sulfone groups is 1. The van der Waals surface area contributed by atoms with Gasteiger partial charge in [-0.1, -0.05) is 59.1 Å². The van der Waals surface area contributed by atoms with Crippen LogP contribution in [-0.4, -0.2) is 51.8 Å². The van der Waals surface area contributed by atoms with Gasteiger partial charge in [-0.2, -0.15) is 0 Å². The summed E-state index contributed by atoms with van der Waals surface area (Å²) in [4.78, 5) is 18.0. The lowest BCUT2D eigenvalue weighted by molar-refractivity contribution is 0.591. The Kier molecular flexibility index (Phi) is 9.13. The van der Waals surface area contributed by atoms with Crippen LogP contribution in [0.1, 0.15) is 11.4 Å². The lowest BCUT2D eigenvalue weighted by Gasteiger charge is -1.99. The first kappa shape index (κ1) is 32.4. The molecule has 0 bridgehead atoms. The summed E-state index contributed by atoms with van der Waals surface area (Å²) in [6.45, 7) is 0. The van der Waals surface area contributed by atoms with Crippen molar-refractivity contribution in [3.8, 4) is 22.5 Å². The number of imidazole rings is 2. The molecule has 0 N–H and O–H groups in total. The normalized spacial score (nSPS) is 12.2. The number of hydrogen-bond donors (Lipinski definition) is 0. The van der Waals surface area contributed by atoms with Gasteiger partial charge in [0.05, 0.1) is 57.5 Å². The fourth-order valence-electron chi connectivity index (χ4n) is 4.57. The number of fused-ring (bicyclic) bond motifs is 2. The Morgan fingerprint density at radius 2 is 1.27 bits per heavy atom. The number of benzene rings is 2. The lowest BCUT2D eigenvalue weighted by Crippen LogP contribution is -2.06. The monoisotopic (exact) mass is 732 g/mol. The molecular formula is C32H22F2N8O3S4. The maximum atomic E-state index is 13.3. The summed E-state index contributed by atoms with van der Waals surface area (Å²) in [6.07, 6.45) is 6.51. The Hall–Kier alpha value is -5.10. The molecule has 6 aromatic heterocycles. The van der Waals surface area contributed by atoms with Crippen LogP contribution in [0.2, 0.25) is 0 Å². The fraction of sp³-hybridized carbons (Fsp3) is 0.0625. The second-order valence-corrected chi connectivity index (χ2v) is 16.1. The number of halogens is 2. The number of aromatic nitrogens is 8. The van der Waals surface area contributed by atoms with E-state index >= 15 is 0 Å². The third kappa shape index (κ3) is 7.49. The molecule has 0 spiro atoms. The van der Waals surface area contributed by atoms with Crippen molar-refractivity contribution in [2.45, 2.75) is 20.2 Å². The van der Waals surface area contributed by atoms with Crippen molar-refractivity contribution < 1.29 is 21.4 Å². The molecule has 17 heteroatoms. The smallest absolute Gasteiger partial charge is 0.233 e. The van der Waals surface area contributed by atoms with Crippen molar-refractivity contribution in [2.24, 2.45) is 0 Å². The summed E-state index contributed by atoms with van der Waals surface area (Å²) < 4.78 is 67.5. The van der Waals surface area contributed by atoms with Gasteiger partial charge in [0.25, 0.3) is 0 Å². The summed E-state index contributed by atoms with van der Waals surface area (Å²) in [5.41, 5.74) is 3.67. The van der Waals surface area contributed by atoms with E-state index in [1.807, 2.05) is 18.2 Å². The van der Waals surface area contributed by atoms with Gasteiger partial charge >= 0.3 is 0 Å². The van der Waals surface area contributed by atoms with Gasteiger partial charge in [0.15, 0.2) is 0 Å². The lowest BCUT2D eigenvalue weighted by atomic mass is 10.2. The second kappa shape index (κ2) is 13.8. The molecule has 8 rings (SSSR count). The number of nitrogens with zero attached hydrogens (tertiary/aromatic N) is 8. The Balaban J connectivity index is 0.000000154. The Bertz CT molecular complexity index is 2470. The van der Waals surface area contributed by atoms with Crippen LogP contribution >= 0.6 is 22.7 Å². The minimum Gasteiger partial charge on any atom is -0.260 e. The van der Waals surface area contributed by atoms with Crippen molar-refractivity contribution in [1.82, 2.24) is 39.2 Å². The topological polar surface area (TPSA) is 137 Å². The van der Waals surface area contributed by atoms with E-state index in [-0.39, 0.29) is 21.7 Å². The van der Waals surface area contributed by atoms with Crippen LogP contribution in [-0.2, 0) is 32.1 Å². The first-order valence-corrected chi connectivity index (χ1v) is 19.0. The van der Waals surface area contributed by atoms with Gasteiger partial charge < -0.3 is 0 Å². The summed E-state index contributed by atoms with van der Waals surface area (Å²) in [5, 5.41) is 8.44. The third-order valence-electron chi connectivity index (χ3n) is 6.82. The Labute approximate surface area is 288 Å². The summed E-state index contributed by atoms with van der Waals surface area (Å²) in [5.74, 6) is -0.579. The molecule has 1 atom stereocenters. The van der Waals surface area contributed by atoms with Crippen LogP contribution in [0.15, 0.2) is 118 Å². The van der Waals surface area contributed by atoms with E-state index < -0.39 is 20.6 Å². The van der Waals surface area contributed by atoms with Gasteiger partial charge in [0.1, 0.15) is 11.6 Å². The molecule has 2 aromatic carbocycles. The van der Waals surface area contributed by atoms with Gasteiger partial charge in [0.2, 0.25) is 28.4 Å². The van der Waals surface area contributed by atoms with Gasteiger partial charge in [-0.05, 0) is 48.5 Å². The van der Waals surface area contributed by atoms with E-state index in [1.54, 1.807) is 71.8 Å². The highest BCUT2D eigenvalue weighted by molar-refractivity contribution is 7.92. The third-order valence-corrected chi connectivity index (χ3v) is 12.4. The van der Waals surface area contributed by atoms with E-state index in [4.69, 9.17) is 0 Å². The average Bonchev–Trinajstić information content (AvgIpc) is 3.86. The summed E-state index contributed by atoms with van der Waals surface area (Å²) in [7, 11) is -4.88. The van der Waals surface area contributed by atoms with E-state index in [0.29, 0.717) is 48.2 Å². The minimum atomic E-state index is -3.61. The summed E-state index contributed by atoms with van der Waals surface area (Å²) in [6, 6.07) is 22.9. The van der Waals surface area contributed by atoms with Crippen LogP contribution in [0.25, 0.3) is 32.4 Å². The Morgan fingerprint density at radius 1 is 0.694 bits per heavy atom. The maximum absolute atomic E-state index is 13.3. The zero-order valence-corrected chi connectivity index (χ0v) is 28.3. The molecule has 0 saturated heterocycles. The molecule has 0 saturated carbocycles. The zero-order chi connectivity index (χ0) is 34.0. The van der Waals surface area contributed by atoms with Crippen LogP contribution in [0.5, 0.6) is 0 Å². The van der Waals surface area contributed by atoms with Gasteiger partial charge in [0, 0.05) is 23.5 Å². The van der Waals surface area contributed by atoms with Crippen LogP contribution in [0, 0.1) is 11.6 Å². The number of hydrogen-bond acceptors (Lipinski definition) is 11. The van der Waals surface area contributed by atoms with Gasteiger partial charge in [-0.15, -0.1) is 10.2 Å². The minimum absolute atomic E-state index is 0.0218. The van der Waals surface area contributed by atoms with Crippen LogP contribution < -0.4 is 0 Å². The SMILES string of the molecule is O=S(=O)(Cc1ccccn1)c1nn2cc(-c3cccc(F)c3)nc2s1.O=S(Cc1ccccn1)c1nn2cc(-c3cccc(F)c3)nc2s1. The molecule has 49 heavy (non-hydrogen) atoms. The fourth-order valence-corrected chi connectivity index (χ4v) is 9.13. The van der Waals surface area contributed by atoms with E-state index in [2.05, 4.69) is 30.1 Å². The van der Waals surface area contributed by atoms with Crippen molar-refractivity contribution >= 4 is 53.2 Å². The highest BCUT2D eigenvalue weighted by atomic mass is 32.2. The first-order valence-electron chi connectivity index (χ1n) is 14.4. The molecule has 8 aromatic rings. The van der Waals surface area contributed by atoms with Crippen molar-refractivity contribution in [2.75, 3.05) is 0 Å². The molecule has 0 aliphatic carbocycles. The zero-order valence-electron chi connectivity index (χ0n) is 25.0. The molecule has 0 aliphatic heterocycles. The number of rotatable bonds is 8. The molecule has 0 fully saturated rings. The Morgan fingerprint density at radius 3 is 1.80 bits per heavy atom. The molecule has 0 amide bonds. The maximum Gasteiger partial charge on any atom is 0.233 e. The average molecular weight is 733 g/mol. The van der Waals surface area contributed by atoms with Crippen LogP contribution in [0.4, 0.5) is 8.78 Å². The molecular weight excluding hydrogens is 711 g/mol. The van der Waals surface area contributed by atoms with Crippen molar-refractivity contribution in [1.29, 1.82) is 0 Å². The second-order valence-electron chi connectivity index (χ2n) is 10.4. The quantitative estimate of drug-likeness (QED) is 0.177. The highest BCUT2D eigenvalue weighted by Gasteiger charge is 2.23. The standard InChI is InChI=1S/C16H11FN4O2S2.C16H11FN4OS2/c17-12-5-3-4-11(8-12)14-9-21-15(19-14)24-16(20-21)25(22,23)10-13-6-1-2-7-18-13;17-12-5-3-4-11(8-12)14-9-21-15(19-14)23-16(20-21)24(22)10-13-6-1-2-7-18-13/h1-9H,10H2;1-9H,10H2. The van der Waals surface area contributed by atoms with E-state index in [0.717, 1.165) is 17.0 Å². The van der Waals surface area contributed by atoms with Crippen molar-refractivity contribution in [3.05, 3.63) is 133 Å². The first-order chi connectivity index (χ1) is 23.7. The molecule has 0 aliphatic rings. The molecule has 6 heterocycles. The predicted molar refractivity (Wildman–Crippen MR) is 182 cm³/mol. The van der Waals surface area contributed by atoms with Gasteiger partial charge in [-0.3, -0.25) is 14.2 Å².